The van der Waals surface area contributed by atoms with E-state index in [2.05, 4.69) is 6.07 Å². The minimum Gasteiger partial charge on any atom is -0.371 e. The maximum Gasteiger partial charge on any atom is 0.126 e. The Morgan fingerprint density at radius 3 is 2.56 bits per heavy atom. The molecule has 0 aliphatic rings. The van der Waals surface area contributed by atoms with Gasteiger partial charge in [-0.2, -0.15) is 5.26 Å². The van der Waals surface area contributed by atoms with Crippen molar-refractivity contribution in [1.82, 2.24) is 0 Å². The van der Waals surface area contributed by atoms with Gasteiger partial charge in [-0.15, -0.1) is 0 Å². The molecule has 0 heterocycles. The van der Waals surface area contributed by atoms with Gasteiger partial charge < -0.3 is 10.6 Å². The Balaban J connectivity index is 3.22. The second-order valence-electron chi connectivity index (χ2n) is 4.77. The molecule has 0 bridgehead atoms. The number of hydrogen-bond acceptors (Lipinski definition) is 3. The van der Waals surface area contributed by atoms with Gasteiger partial charge in [0.1, 0.15) is 5.82 Å². The number of nitriles is 1. The van der Waals surface area contributed by atoms with Gasteiger partial charge in [0.05, 0.1) is 12.5 Å². The minimum atomic E-state index is -0.244. The van der Waals surface area contributed by atoms with Crippen molar-refractivity contribution in [1.29, 1.82) is 5.26 Å². The molecule has 0 saturated carbocycles. The lowest BCUT2D eigenvalue weighted by Gasteiger charge is -2.29. The van der Waals surface area contributed by atoms with E-state index in [1.54, 1.807) is 13.0 Å². The quantitative estimate of drug-likeness (QED) is 0.892. The molecular formula is C14H20FN3. The highest BCUT2D eigenvalue weighted by Crippen LogP contribution is 2.29. The number of anilines is 1. The lowest BCUT2D eigenvalue weighted by atomic mass is 10.0. The number of nitrogens with zero attached hydrogens (tertiary/aromatic N) is 2. The maximum atomic E-state index is 13.6. The Morgan fingerprint density at radius 1 is 1.44 bits per heavy atom. The summed E-state index contributed by atoms with van der Waals surface area (Å²) in [6.45, 7) is 5.52. The summed E-state index contributed by atoms with van der Waals surface area (Å²) >= 11 is 0. The first-order valence-electron chi connectivity index (χ1n) is 6.03. The van der Waals surface area contributed by atoms with Crippen LogP contribution in [0.5, 0.6) is 0 Å². The van der Waals surface area contributed by atoms with Crippen LogP contribution in [0.1, 0.15) is 37.4 Å². The predicted molar refractivity (Wildman–Crippen MR) is 71.8 cm³/mol. The molecule has 98 valence electrons. The molecule has 0 radical (unpaired) electrons. The number of hydrogen-bond donors (Lipinski definition) is 1. The van der Waals surface area contributed by atoms with Crippen molar-refractivity contribution in [3.8, 4) is 6.07 Å². The zero-order valence-electron chi connectivity index (χ0n) is 11.4. The molecular weight excluding hydrogens is 229 g/mol. The summed E-state index contributed by atoms with van der Waals surface area (Å²) in [6.07, 6.45) is 0.422. The van der Waals surface area contributed by atoms with Gasteiger partial charge in [-0.05, 0) is 44.0 Å². The molecule has 2 atom stereocenters. The standard InChI is InChI=1S/C14H20FN3/c1-9-7-14(18(4)10(2)5-6-16)12(11(3)17)8-13(9)15/h7-8,10-11H,5,17H2,1-4H3/t10?,11-/m0/s1. The van der Waals surface area contributed by atoms with Crippen molar-refractivity contribution in [3.05, 3.63) is 29.1 Å². The zero-order chi connectivity index (χ0) is 13.9. The summed E-state index contributed by atoms with van der Waals surface area (Å²) < 4.78 is 13.6. The van der Waals surface area contributed by atoms with Crippen molar-refractivity contribution in [2.24, 2.45) is 5.73 Å². The maximum absolute atomic E-state index is 13.6. The van der Waals surface area contributed by atoms with Crippen molar-refractivity contribution in [2.75, 3.05) is 11.9 Å². The number of nitrogens with two attached hydrogens (primary N) is 1. The Labute approximate surface area is 108 Å². The van der Waals surface area contributed by atoms with Crippen LogP contribution in [0, 0.1) is 24.1 Å². The lowest BCUT2D eigenvalue weighted by Crippen LogP contribution is -2.30. The topological polar surface area (TPSA) is 53.0 Å². The molecule has 3 nitrogen and oxygen atoms in total. The van der Waals surface area contributed by atoms with Crippen molar-refractivity contribution >= 4 is 5.69 Å². The highest BCUT2D eigenvalue weighted by Gasteiger charge is 2.17. The summed E-state index contributed by atoms with van der Waals surface area (Å²) in [5, 5.41) is 8.75. The summed E-state index contributed by atoms with van der Waals surface area (Å²) in [7, 11) is 1.90. The molecule has 18 heavy (non-hydrogen) atoms. The highest BCUT2D eigenvalue weighted by molar-refractivity contribution is 5.57. The van der Waals surface area contributed by atoms with Gasteiger partial charge in [0.15, 0.2) is 0 Å². The van der Waals surface area contributed by atoms with Crippen LogP contribution >= 0.6 is 0 Å². The Kier molecular flexibility index (Phi) is 4.69. The highest BCUT2D eigenvalue weighted by atomic mass is 19.1. The van der Waals surface area contributed by atoms with Crippen molar-refractivity contribution < 1.29 is 4.39 Å². The third kappa shape index (κ3) is 2.99. The zero-order valence-corrected chi connectivity index (χ0v) is 11.4. The van der Waals surface area contributed by atoms with E-state index in [-0.39, 0.29) is 17.9 Å². The van der Waals surface area contributed by atoms with Crippen molar-refractivity contribution in [3.63, 3.8) is 0 Å². The fraction of sp³-hybridized carbons (Fsp3) is 0.500. The van der Waals surface area contributed by atoms with E-state index in [0.29, 0.717) is 12.0 Å². The smallest absolute Gasteiger partial charge is 0.126 e. The van der Waals surface area contributed by atoms with E-state index in [1.165, 1.54) is 6.07 Å². The Hall–Kier alpha value is -1.60. The fourth-order valence-corrected chi connectivity index (χ4v) is 1.86. The Morgan fingerprint density at radius 2 is 2.06 bits per heavy atom. The van der Waals surface area contributed by atoms with E-state index in [0.717, 1.165) is 11.3 Å². The monoisotopic (exact) mass is 249 g/mol. The second kappa shape index (κ2) is 5.83. The van der Waals surface area contributed by atoms with Crippen LogP contribution in [0.3, 0.4) is 0 Å². The number of aryl methyl sites for hydroxylation is 1. The third-order valence-corrected chi connectivity index (χ3v) is 3.23. The van der Waals surface area contributed by atoms with Crippen LogP contribution in [0.2, 0.25) is 0 Å². The molecule has 4 heteroatoms. The third-order valence-electron chi connectivity index (χ3n) is 3.23. The molecule has 1 unspecified atom stereocenters. The summed E-state index contributed by atoms with van der Waals surface area (Å²) in [5.41, 5.74) is 8.14. The van der Waals surface area contributed by atoms with Crippen LogP contribution in [-0.4, -0.2) is 13.1 Å². The molecule has 0 saturated heterocycles. The van der Waals surface area contributed by atoms with Gasteiger partial charge in [-0.3, -0.25) is 0 Å². The summed E-state index contributed by atoms with van der Waals surface area (Å²) in [6, 6.07) is 5.25. The molecule has 2 N–H and O–H groups in total. The molecule has 0 aliphatic heterocycles. The van der Waals surface area contributed by atoms with E-state index in [4.69, 9.17) is 11.0 Å². The van der Waals surface area contributed by atoms with Crippen LogP contribution in [0.15, 0.2) is 12.1 Å². The number of halogens is 1. The van der Waals surface area contributed by atoms with Crippen LogP contribution in [-0.2, 0) is 0 Å². The number of benzene rings is 1. The summed E-state index contributed by atoms with van der Waals surface area (Å²) in [4.78, 5) is 1.98. The first kappa shape index (κ1) is 14.5. The van der Waals surface area contributed by atoms with Crippen LogP contribution < -0.4 is 10.6 Å². The first-order valence-corrected chi connectivity index (χ1v) is 6.03. The minimum absolute atomic E-state index is 0.0670. The fourth-order valence-electron chi connectivity index (χ4n) is 1.86. The molecule has 1 rings (SSSR count). The molecule has 0 aliphatic carbocycles. The first-order chi connectivity index (χ1) is 8.38. The van der Waals surface area contributed by atoms with E-state index in [9.17, 15) is 4.39 Å². The predicted octanol–water partition coefficient (Wildman–Crippen LogP) is 2.89. The SMILES string of the molecule is Cc1cc(N(C)C(C)CC#N)c([C@H](C)N)cc1F. The largest absolute Gasteiger partial charge is 0.371 e. The van der Waals surface area contributed by atoms with E-state index < -0.39 is 0 Å². The molecule has 0 spiro atoms. The van der Waals surface area contributed by atoms with Gasteiger partial charge in [0.2, 0.25) is 0 Å². The van der Waals surface area contributed by atoms with E-state index >= 15 is 0 Å². The van der Waals surface area contributed by atoms with Crippen LogP contribution in [0.4, 0.5) is 10.1 Å². The van der Waals surface area contributed by atoms with Gasteiger partial charge in [-0.25, -0.2) is 4.39 Å². The average molecular weight is 249 g/mol. The second-order valence-corrected chi connectivity index (χ2v) is 4.77. The molecule has 0 fully saturated rings. The van der Waals surface area contributed by atoms with Gasteiger partial charge >= 0.3 is 0 Å². The van der Waals surface area contributed by atoms with Crippen LogP contribution in [0.25, 0.3) is 0 Å². The lowest BCUT2D eigenvalue weighted by molar-refractivity contribution is 0.610. The molecule has 1 aromatic rings. The van der Waals surface area contributed by atoms with Gasteiger partial charge in [0.25, 0.3) is 0 Å². The normalized spacial score (nSPS) is 13.8. The summed E-state index contributed by atoms with van der Waals surface area (Å²) in [5.74, 6) is -0.243. The average Bonchev–Trinajstić information content (AvgIpc) is 2.31. The van der Waals surface area contributed by atoms with Gasteiger partial charge in [-0.1, -0.05) is 0 Å². The number of rotatable bonds is 4. The van der Waals surface area contributed by atoms with E-state index in [1.807, 2.05) is 25.8 Å². The molecule has 0 aromatic heterocycles. The van der Waals surface area contributed by atoms with Gasteiger partial charge in [0, 0.05) is 24.8 Å². The molecule has 1 aromatic carbocycles. The van der Waals surface area contributed by atoms with Crippen molar-refractivity contribution in [2.45, 2.75) is 39.3 Å². The Bertz CT molecular complexity index is 463. The molecule has 0 amide bonds.